The van der Waals surface area contributed by atoms with E-state index in [1.165, 1.54) is 0 Å². The Morgan fingerprint density at radius 3 is 0.953 bits per heavy atom. The summed E-state index contributed by atoms with van der Waals surface area (Å²) in [6.45, 7) is 0. The second kappa shape index (κ2) is 11.0. The van der Waals surface area contributed by atoms with Crippen LogP contribution in [-0.4, -0.2) is 17.4 Å². The van der Waals surface area contributed by atoms with E-state index in [0.717, 1.165) is 0 Å². The molecule has 4 aromatic carbocycles. The largest absolute Gasteiger partial charge is 0.707 e. The van der Waals surface area contributed by atoms with E-state index in [-0.39, 0.29) is 12.1 Å². The van der Waals surface area contributed by atoms with Gasteiger partial charge in [0.15, 0.2) is 69.8 Å². The molecule has 3 nitrogen and oxygen atoms in total. The highest BCUT2D eigenvalue weighted by Crippen LogP contribution is 2.51. The van der Waals surface area contributed by atoms with Crippen LogP contribution in [0, 0.1) is 87.3 Å². The average Bonchev–Trinajstić information content (AvgIpc) is 2.96. The van der Waals surface area contributed by atoms with Gasteiger partial charge in [-0.05, 0) is 17.7 Å². The molecule has 0 aliphatic rings. The molecule has 0 heterocycles. The standard InChI is InChI=1S/C24H4BF15O3/c26-10-6(11(27)17(33)22(38)16(10)32)3-1-2-4(43-25(41)42)7(9-14(30)20(36)24(40)21(37)15(9)31)5(3)8-12(28)18(34)23(39)19(35)13(8)29/h1-2,41-42H. The minimum absolute atomic E-state index is 0.0128. The van der Waals surface area contributed by atoms with Crippen molar-refractivity contribution in [2.45, 2.75) is 0 Å². The highest BCUT2D eigenvalue weighted by atomic mass is 19.2. The molecule has 2 N–H and O–H groups in total. The molecule has 0 saturated carbocycles. The minimum Gasteiger partial charge on any atom is -0.511 e. The van der Waals surface area contributed by atoms with Crippen molar-refractivity contribution in [1.82, 2.24) is 0 Å². The fraction of sp³-hybridized carbons (Fsp3) is 0. The maximum Gasteiger partial charge on any atom is 0.707 e. The fourth-order valence-electron chi connectivity index (χ4n) is 4.00. The quantitative estimate of drug-likeness (QED) is 0.106. The van der Waals surface area contributed by atoms with Crippen LogP contribution in [0.15, 0.2) is 12.1 Å². The van der Waals surface area contributed by atoms with Crippen LogP contribution in [0.25, 0.3) is 33.4 Å². The molecular formula is C24H4BF15O3. The number of halogens is 15. The molecule has 43 heavy (non-hydrogen) atoms. The van der Waals surface area contributed by atoms with Gasteiger partial charge >= 0.3 is 7.32 Å². The van der Waals surface area contributed by atoms with E-state index in [1.807, 2.05) is 0 Å². The van der Waals surface area contributed by atoms with E-state index in [0.29, 0.717) is 0 Å². The molecule has 0 bridgehead atoms. The molecule has 4 rings (SSSR count). The molecule has 0 spiro atoms. The Hall–Kier alpha value is -4.39. The van der Waals surface area contributed by atoms with Crippen LogP contribution in [0.4, 0.5) is 65.9 Å². The molecule has 0 aromatic heterocycles. The summed E-state index contributed by atoms with van der Waals surface area (Å²) in [6, 6.07) is 0.0919. The van der Waals surface area contributed by atoms with Gasteiger partial charge in [-0.25, -0.2) is 65.9 Å². The second-order valence-electron chi connectivity index (χ2n) is 8.14. The summed E-state index contributed by atoms with van der Waals surface area (Å²) in [5.74, 6) is -45.0. The molecule has 4 aromatic rings. The Kier molecular flexibility index (Phi) is 8.09. The third kappa shape index (κ3) is 4.71. The van der Waals surface area contributed by atoms with Gasteiger partial charge in [0.05, 0.1) is 16.7 Å². The lowest BCUT2D eigenvalue weighted by atomic mass is 9.85. The van der Waals surface area contributed by atoms with Crippen LogP contribution in [0.2, 0.25) is 0 Å². The van der Waals surface area contributed by atoms with Crippen LogP contribution in [-0.2, 0) is 0 Å². The summed E-state index contributed by atoms with van der Waals surface area (Å²) in [7, 11) is -3.16. The zero-order valence-corrected chi connectivity index (χ0v) is 19.7. The highest BCUT2D eigenvalue weighted by molar-refractivity contribution is 6.34. The average molecular weight is 636 g/mol. The van der Waals surface area contributed by atoms with Gasteiger partial charge in [-0.1, -0.05) is 0 Å². The van der Waals surface area contributed by atoms with Crippen molar-refractivity contribution < 1.29 is 80.6 Å². The molecule has 0 fully saturated rings. The summed E-state index contributed by atoms with van der Waals surface area (Å²) in [6.07, 6.45) is 0. The van der Waals surface area contributed by atoms with Crippen molar-refractivity contribution in [2.24, 2.45) is 0 Å². The van der Waals surface area contributed by atoms with Crippen molar-refractivity contribution in [3.8, 4) is 39.1 Å². The predicted molar refractivity (Wildman–Crippen MR) is 113 cm³/mol. The Labute approximate surface area is 227 Å². The summed E-state index contributed by atoms with van der Waals surface area (Å²) in [5, 5.41) is 18.4. The summed E-state index contributed by atoms with van der Waals surface area (Å²) in [5.41, 5.74) is -13.3. The molecule has 0 saturated heterocycles. The molecule has 0 radical (unpaired) electrons. The van der Waals surface area contributed by atoms with Gasteiger partial charge in [-0.3, -0.25) is 0 Å². The first kappa shape index (κ1) is 31.5. The van der Waals surface area contributed by atoms with Crippen molar-refractivity contribution in [2.75, 3.05) is 0 Å². The number of rotatable bonds is 5. The summed E-state index contributed by atoms with van der Waals surface area (Å²) < 4.78 is 220. The van der Waals surface area contributed by atoms with E-state index in [4.69, 9.17) is 0 Å². The summed E-state index contributed by atoms with van der Waals surface area (Å²) in [4.78, 5) is 0. The van der Waals surface area contributed by atoms with E-state index >= 15 is 8.78 Å². The van der Waals surface area contributed by atoms with Gasteiger partial charge < -0.3 is 14.7 Å². The SMILES string of the molecule is OB(O)Oc1ccc(-c2c(F)c(F)c(F)c(F)c2F)c(-c2c(F)c(F)c(F)c(F)c2F)c1-c1c(F)c(F)c(F)c(F)c1F. The Bertz CT molecular complexity index is 1760. The van der Waals surface area contributed by atoms with E-state index < -0.39 is 134 Å². The Morgan fingerprint density at radius 1 is 0.349 bits per heavy atom. The van der Waals surface area contributed by atoms with Gasteiger partial charge in [-0.15, -0.1) is 0 Å². The first-order valence-electron chi connectivity index (χ1n) is 10.7. The van der Waals surface area contributed by atoms with Gasteiger partial charge in [0.2, 0.25) is 17.5 Å². The maximum absolute atomic E-state index is 15.1. The maximum atomic E-state index is 15.1. The number of hydrogen-bond acceptors (Lipinski definition) is 3. The monoisotopic (exact) mass is 636 g/mol. The van der Waals surface area contributed by atoms with E-state index in [1.54, 1.807) is 0 Å². The van der Waals surface area contributed by atoms with Crippen LogP contribution >= 0.6 is 0 Å². The highest BCUT2D eigenvalue weighted by Gasteiger charge is 2.38. The molecule has 0 atom stereocenters. The van der Waals surface area contributed by atoms with Gasteiger partial charge in [-0.2, -0.15) is 0 Å². The van der Waals surface area contributed by atoms with Crippen molar-refractivity contribution >= 4 is 7.32 Å². The summed E-state index contributed by atoms with van der Waals surface area (Å²) >= 11 is 0. The molecule has 19 heteroatoms. The number of benzene rings is 4. The first-order valence-corrected chi connectivity index (χ1v) is 10.7. The molecule has 0 amide bonds. The molecule has 0 aliphatic carbocycles. The van der Waals surface area contributed by atoms with Crippen LogP contribution < -0.4 is 4.65 Å². The zero-order valence-electron chi connectivity index (χ0n) is 19.7. The smallest absolute Gasteiger partial charge is 0.511 e. The van der Waals surface area contributed by atoms with Gasteiger partial charge in [0, 0.05) is 11.1 Å². The third-order valence-electron chi connectivity index (χ3n) is 5.80. The fourth-order valence-corrected chi connectivity index (χ4v) is 4.00. The third-order valence-corrected chi connectivity index (χ3v) is 5.80. The van der Waals surface area contributed by atoms with E-state index in [2.05, 4.69) is 4.65 Å². The molecule has 0 aliphatic heterocycles. The van der Waals surface area contributed by atoms with Crippen LogP contribution in [0.5, 0.6) is 5.75 Å². The zero-order chi connectivity index (χ0) is 32.4. The second-order valence-corrected chi connectivity index (χ2v) is 8.14. The Balaban J connectivity index is 2.44. The molecule has 0 unspecified atom stereocenters. The normalized spacial score (nSPS) is 11.4. The van der Waals surface area contributed by atoms with E-state index in [9.17, 15) is 67.1 Å². The van der Waals surface area contributed by atoms with Crippen LogP contribution in [0.1, 0.15) is 0 Å². The minimum atomic E-state index is -3.16. The lowest BCUT2D eigenvalue weighted by Gasteiger charge is -2.23. The van der Waals surface area contributed by atoms with Crippen molar-refractivity contribution in [1.29, 1.82) is 0 Å². The van der Waals surface area contributed by atoms with Gasteiger partial charge in [0.25, 0.3) is 0 Å². The topological polar surface area (TPSA) is 49.7 Å². The number of hydrogen-bond donors (Lipinski definition) is 2. The molecular weight excluding hydrogens is 632 g/mol. The lowest BCUT2D eigenvalue weighted by Crippen LogP contribution is -2.21. The predicted octanol–water partition coefficient (Wildman–Crippen LogP) is 7.12. The lowest BCUT2D eigenvalue weighted by molar-refractivity contribution is 0.288. The molecule has 226 valence electrons. The first-order chi connectivity index (χ1) is 19.9. The van der Waals surface area contributed by atoms with Crippen molar-refractivity contribution in [3.63, 3.8) is 0 Å². The van der Waals surface area contributed by atoms with Crippen molar-refractivity contribution in [3.05, 3.63) is 99.4 Å². The Morgan fingerprint density at radius 2 is 0.628 bits per heavy atom. The van der Waals surface area contributed by atoms with Gasteiger partial charge in [0.1, 0.15) is 5.75 Å². The van der Waals surface area contributed by atoms with Crippen LogP contribution in [0.3, 0.4) is 0 Å².